The first-order valence-electron chi connectivity index (χ1n) is 6.62. The first-order valence-corrected chi connectivity index (χ1v) is 6.62. The lowest BCUT2D eigenvalue weighted by Crippen LogP contribution is -2.55. The standard InChI is InChI=1S/C12H20N4O7/c1-5(13)10(21)15-6(2)11(22)16-7(3-8(17)18)12(23)14-4-9(19)20/h5-7H,3-4,13H2,1-2H3,(H,14,23)(H,15,21)(H,16,22)(H,17,18)(H,19,20). The zero-order valence-electron chi connectivity index (χ0n) is 12.7. The molecule has 0 bridgehead atoms. The molecule has 0 aliphatic heterocycles. The number of carboxylic acids is 2. The van der Waals surface area contributed by atoms with Crippen LogP contribution in [0.3, 0.4) is 0 Å². The van der Waals surface area contributed by atoms with Crippen molar-refractivity contribution in [1.82, 2.24) is 16.0 Å². The molecule has 0 heterocycles. The minimum atomic E-state index is -1.48. The smallest absolute Gasteiger partial charge is 0.322 e. The maximum Gasteiger partial charge on any atom is 0.322 e. The predicted octanol–water partition coefficient (Wildman–Crippen LogP) is -3.00. The Hall–Kier alpha value is -2.69. The summed E-state index contributed by atoms with van der Waals surface area (Å²) in [6.07, 6.45) is -0.745. The number of carbonyl (C=O) groups is 5. The number of nitrogens with one attached hydrogen (secondary N) is 3. The molecule has 0 spiro atoms. The molecule has 0 saturated carbocycles. The van der Waals surface area contributed by atoms with Gasteiger partial charge in [-0.3, -0.25) is 24.0 Å². The summed E-state index contributed by atoms with van der Waals surface area (Å²) in [6, 6.07) is -3.38. The Morgan fingerprint density at radius 2 is 1.48 bits per heavy atom. The molecule has 11 heteroatoms. The lowest BCUT2D eigenvalue weighted by atomic mass is 10.1. The maximum atomic E-state index is 11.9. The lowest BCUT2D eigenvalue weighted by molar-refractivity contribution is -0.141. The van der Waals surface area contributed by atoms with E-state index in [4.69, 9.17) is 15.9 Å². The van der Waals surface area contributed by atoms with Crippen LogP contribution in [0.2, 0.25) is 0 Å². The number of hydrogen-bond donors (Lipinski definition) is 6. The largest absolute Gasteiger partial charge is 0.481 e. The van der Waals surface area contributed by atoms with Crippen LogP contribution in [0.5, 0.6) is 0 Å². The molecular weight excluding hydrogens is 312 g/mol. The van der Waals surface area contributed by atoms with E-state index in [1.807, 2.05) is 5.32 Å². The number of carboxylic acid groups (broad SMARTS) is 2. The Bertz CT molecular complexity index is 492. The van der Waals surface area contributed by atoms with Crippen LogP contribution in [-0.2, 0) is 24.0 Å². The fourth-order valence-electron chi connectivity index (χ4n) is 1.38. The van der Waals surface area contributed by atoms with Gasteiger partial charge in [-0.1, -0.05) is 0 Å². The second-order valence-electron chi connectivity index (χ2n) is 4.79. The van der Waals surface area contributed by atoms with Crippen LogP contribution in [0.4, 0.5) is 0 Å². The average Bonchev–Trinajstić information content (AvgIpc) is 2.42. The number of rotatable bonds is 9. The summed E-state index contributed by atoms with van der Waals surface area (Å²) in [6.45, 7) is 2.01. The van der Waals surface area contributed by atoms with Crippen molar-refractivity contribution in [2.75, 3.05) is 6.54 Å². The van der Waals surface area contributed by atoms with Gasteiger partial charge < -0.3 is 31.9 Å². The topological polar surface area (TPSA) is 188 Å². The van der Waals surface area contributed by atoms with Gasteiger partial charge in [0.25, 0.3) is 0 Å². The molecule has 0 saturated heterocycles. The first-order chi connectivity index (χ1) is 10.5. The van der Waals surface area contributed by atoms with Crippen LogP contribution in [0, 0.1) is 0 Å². The van der Waals surface area contributed by atoms with E-state index >= 15 is 0 Å². The van der Waals surface area contributed by atoms with Crippen molar-refractivity contribution in [3.05, 3.63) is 0 Å². The SMILES string of the molecule is CC(N)C(=O)NC(C)C(=O)NC(CC(=O)O)C(=O)NCC(=O)O. The van der Waals surface area contributed by atoms with Crippen molar-refractivity contribution in [3.63, 3.8) is 0 Å². The average molecular weight is 332 g/mol. The molecule has 11 nitrogen and oxygen atoms in total. The van der Waals surface area contributed by atoms with Gasteiger partial charge in [0.1, 0.15) is 18.6 Å². The fourth-order valence-corrected chi connectivity index (χ4v) is 1.38. The van der Waals surface area contributed by atoms with Crippen molar-refractivity contribution in [1.29, 1.82) is 0 Å². The summed E-state index contributed by atoms with van der Waals surface area (Å²) in [4.78, 5) is 56.1. The summed E-state index contributed by atoms with van der Waals surface area (Å²) >= 11 is 0. The van der Waals surface area contributed by atoms with Crippen LogP contribution >= 0.6 is 0 Å². The van der Waals surface area contributed by atoms with Gasteiger partial charge in [0.15, 0.2) is 0 Å². The summed E-state index contributed by atoms with van der Waals surface area (Å²) in [5.74, 6) is -5.06. The van der Waals surface area contributed by atoms with Gasteiger partial charge in [0.05, 0.1) is 12.5 Å². The molecule has 0 aromatic heterocycles. The highest BCUT2D eigenvalue weighted by Gasteiger charge is 2.27. The Morgan fingerprint density at radius 3 is 1.91 bits per heavy atom. The minimum absolute atomic E-state index is 0.599. The van der Waals surface area contributed by atoms with Crippen molar-refractivity contribution in [2.24, 2.45) is 5.73 Å². The molecule has 0 rings (SSSR count). The molecule has 7 N–H and O–H groups in total. The van der Waals surface area contributed by atoms with Crippen LogP contribution < -0.4 is 21.7 Å². The molecule has 0 fully saturated rings. The zero-order chi connectivity index (χ0) is 18.2. The van der Waals surface area contributed by atoms with E-state index in [-0.39, 0.29) is 0 Å². The van der Waals surface area contributed by atoms with E-state index in [1.165, 1.54) is 13.8 Å². The number of aliphatic carboxylic acids is 2. The van der Waals surface area contributed by atoms with E-state index in [1.54, 1.807) is 0 Å². The van der Waals surface area contributed by atoms with Crippen molar-refractivity contribution in [3.8, 4) is 0 Å². The number of carbonyl (C=O) groups excluding carboxylic acids is 3. The van der Waals surface area contributed by atoms with Crippen LogP contribution in [-0.4, -0.2) is 64.5 Å². The molecule has 3 atom stereocenters. The molecule has 3 amide bonds. The van der Waals surface area contributed by atoms with Crippen LogP contribution in [0.15, 0.2) is 0 Å². The third-order valence-electron chi connectivity index (χ3n) is 2.59. The third-order valence-corrected chi connectivity index (χ3v) is 2.59. The Labute approximate surface area is 131 Å². The molecule has 0 aliphatic rings. The molecule has 0 aliphatic carbocycles. The van der Waals surface area contributed by atoms with Gasteiger partial charge in [-0.2, -0.15) is 0 Å². The minimum Gasteiger partial charge on any atom is -0.481 e. The molecule has 0 aromatic carbocycles. The van der Waals surface area contributed by atoms with Gasteiger partial charge in [0, 0.05) is 0 Å². The summed E-state index contributed by atoms with van der Waals surface area (Å²) in [5.41, 5.74) is 5.33. The summed E-state index contributed by atoms with van der Waals surface area (Å²) in [7, 11) is 0. The second-order valence-corrected chi connectivity index (χ2v) is 4.79. The summed E-state index contributed by atoms with van der Waals surface area (Å²) in [5, 5.41) is 23.6. The van der Waals surface area contributed by atoms with Gasteiger partial charge >= 0.3 is 11.9 Å². The maximum absolute atomic E-state index is 11.9. The number of amides is 3. The summed E-state index contributed by atoms with van der Waals surface area (Å²) < 4.78 is 0. The number of nitrogens with two attached hydrogens (primary N) is 1. The molecular formula is C12H20N4O7. The Morgan fingerprint density at radius 1 is 0.913 bits per heavy atom. The molecule has 130 valence electrons. The monoisotopic (exact) mass is 332 g/mol. The Kier molecular flexibility index (Phi) is 8.26. The highest BCUT2D eigenvalue weighted by Crippen LogP contribution is 1.95. The van der Waals surface area contributed by atoms with E-state index in [0.717, 1.165) is 0 Å². The van der Waals surface area contributed by atoms with E-state index < -0.39 is 60.8 Å². The van der Waals surface area contributed by atoms with Gasteiger partial charge in [0.2, 0.25) is 17.7 Å². The molecule has 0 aromatic rings. The predicted molar refractivity (Wildman–Crippen MR) is 76.1 cm³/mol. The van der Waals surface area contributed by atoms with E-state index in [9.17, 15) is 24.0 Å². The van der Waals surface area contributed by atoms with Crippen LogP contribution in [0.1, 0.15) is 20.3 Å². The Balaban J connectivity index is 4.77. The molecule has 0 radical (unpaired) electrons. The second kappa shape index (κ2) is 9.35. The molecule has 3 unspecified atom stereocenters. The van der Waals surface area contributed by atoms with E-state index in [0.29, 0.717) is 0 Å². The van der Waals surface area contributed by atoms with Gasteiger partial charge in [-0.25, -0.2) is 0 Å². The van der Waals surface area contributed by atoms with Crippen molar-refractivity contribution < 1.29 is 34.2 Å². The number of hydrogen-bond acceptors (Lipinski definition) is 6. The molecule has 23 heavy (non-hydrogen) atoms. The van der Waals surface area contributed by atoms with Gasteiger partial charge in [-0.15, -0.1) is 0 Å². The van der Waals surface area contributed by atoms with Crippen LogP contribution in [0.25, 0.3) is 0 Å². The highest BCUT2D eigenvalue weighted by atomic mass is 16.4. The van der Waals surface area contributed by atoms with Crippen molar-refractivity contribution in [2.45, 2.75) is 38.4 Å². The first kappa shape index (κ1) is 20.3. The van der Waals surface area contributed by atoms with Crippen molar-refractivity contribution >= 4 is 29.7 Å². The highest BCUT2D eigenvalue weighted by molar-refractivity contribution is 5.94. The van der Waals surface area contributed by atoms with E-state index in [2.05, 4.69) is 10.6 Å². The van der Waals surface area contributed by atoms with Gasteiger partial charge in [-0.05, 0) is 13.8 Å². The zero-order valence-corrected chi connectivity index (χ0v) is 12.7. The normalized spacial score (nSPS) is 14.0. The fraction of sp³-hybridized carbons (Fsp3) is 0.583. The quantitative estimate of drug-likeness (QED) is 0.257. The lowest BCUT2D eigenvalue weighted by Gasteiger charge is -2.20. The third kappa shape index (κ3) is 8.36.